The van der Waals surface area contributed by atoms with Crippen LogP contribution in [0.25, 0.3) is 0 Å². The molecule has 0 aliphatic rings. The first-order valence-corrected chi connectivity index (χ1v) is 4.91. The molecule has 1 amide bonds. The van der Waals surface area contributed by atoms with Gasteiger partial charge >= 0.3 is 0 Å². The van der Waals surface area contributed by atoms with Gasteiger partial charge < -0.3 is 10.4 Å². The number of carbonyl (C=O) groups excluding carboxylic acids is 1. The Hall–Kier alpha value is -2.00. The average molecular weight is 250 g/mol. The first-order chi connectivity index (χ1) is 7.75. The van der Waals surface area contributed by atoms with Gasteiger partial charge in [-0.05, 0) is 24.3 Å². The van der Waals surface area contributed by atoms with Crippen LogP contribution in [0, 0.1) is 0 Å². The van der Waals surface area contributed by atoms with Crippen LogP contribution in [0.1, 0.15) is 10.4 Å². The van der Waals surface area contributed by atoms with Crippen molar-refractivity contribution in [2.75, 3.05) is 5.32 Å². The van der Waals surface area contributed by atoms with Gasteiger partial charge in [0.25, 0.3) is 5.91 Å². The number of halogens is 1. The first-order valence-electron chi connectivity index (χ1n) is 4.91. The number of rotatable bonds is 2. The van der Waals surface area contributed by atoms with Crippen LogP contribution in [0.2, 0.25) is 0 Å². The van der Waals surface area contributed by atoms with Crippen LogP contribution in [0.3, 0.4) is 0 Å². The molecule has 0 heterocycles. The second-order valence-corrected chi connectivity index (χ2v) is 3.37. The predicted molar refractivity (Wildman–Crippen MR) is 69.8 cm³/mol. The number of hydrogen-bond donors (Lipinski definition) is 2. The summed E-state index contributed by atoms with van der Waals surface area (Å²) in [5, 5.41) is 11.9. The van der Waals surface area contributed by atoms with E-state index in [2.05, 4.69) is 5.32 Å². The van der Waals surface area contributed by atoms with E-state index in [1.54, 1.807) is 42.5 Å². The lowest BCUT2D eigenvalue weighted by Crippen LogP contribution is -2.11. The lowest BCUT2D eigenvalue weighted by atomic mass is 10.2. The Morgan fingerprint density at radius 3 is 2.35 bits per heavy atom. The molecule has 0 aliphatic heterocycles. The molecular formula is C13H12ClNO2. The highest BCUT2D eigenvalue weighted by Crippen LogP contribution is 2.16. The molecule has 3 nitrogen and oxygen atoms in total. The van der Waals surface area contributed by atoms with Gasteiger partial charge in [-0.15, -0.1) is 12.4 Å². The molecule has 0 bridgehead atoms. The van der Waals surface area contributed by atoms with Crippen molar-refractivity contribution in [3.8, 4) is 5.75 Å². The summed E-state index contributed by atoms with van der Waals surface area (Å²) in [7, 11) is 0. The van der Waals surface area contributed by atoms with Crippen molar-refractivity contribution in [3.05, 3.63) is 60.2 Å². The highest BCUT2D eigenvalue weighted by molar-refractivity contribution is 6.04. The Labute approximate surface area is 106 Å². The molecule has 2 aromatic carbocycles. The van der Waals surface area contributed by atoms with E-state index in [1.807, 2.05) is 6.07 Å². The highest BCUT2D eigenvalue weighted by atomic mass is 35.5. The summed E-state index contributed by atoms with van der Waals surface area (Å²) in [5.74, 6) is -0.0583. The number of anilines is 1. The van der Waals surface area contributed by atoms with Crippen molar-refractivity contribution in [1.82, 2.24) is 0 Å². The number of phenols is 1. The molecule has 0 spiro atoms. The van der Waals surface area contributed by atoms with Crippen LogP contribution in [-0.4, -0.2) is 11.0 Å². The highest BCUT2D eigenvalue weighted by Gasteiger charge is 2.04. The number of amides is 1. The molecule has 0 fully saturated rings. The summed E-state index contributed by atoms with van der Waals surface area (Å²) in [5.41, 5.74) is 1.17. The largest absolute Gasteiger partial charge is 0.508 e. The minimum atomic E-state index is -0.189. The molecule has 0 saturated carbocycles. The maximum absolute atomic E-state index is 11.7. The second-order valence-electron chi connectivity index (χ2n) is 3.37. The van der Waals surface area contributed by atoms with E-state index in [0.29, 0.717) is 11.3 Å². The summed E-state index contributed by atoms with van der Waals surface area (Å²) in [6.07, 6.45) is 0. The minimum absolute atomic E-state index is 0. The lowest BCUT2D eigenvalue weighted by Gasteiger charge is -2.05. The van der Waals surface area contributed by atoms with E-state index in [1.165, 1.54) is 6.07 Å². The van der Waals surface area contributed by atoms with Gasteiger partial charge in [0.05, 0.1) is 0 Å². The maximum atomic E-state index is 11.7. The molecule has 4 heteroatoms. The molecule has 2 N–H and O–H groups in total. The van der Waals surface area contributed by atoms with Gasteiger partial charge in [0.1, 0.15) is 5.75 Å². The number of carbonyl (C=O) groups is 1. The molecule has 0 atom stereocenters. The number of nitrogens with one attached hydrogen (secondary N) is 1. The van der Waals surface area contributed by atoms with Gasteiger partial charge in [-0.25, -0.2) is 0 Å². The van der Waals surface area contributed by atoms with E-state index in [9.17, 15) is 9.90 Å². The summed E-state index contributed by atoms with van der Waals surface area (Å²) in [6, 6.07) is 15.4. The van der Waals surface area contributed by atoms with E-state index < -0.39 is 0 Å². The zero-order valence-corrected chi connectivity index (χ0v) is 9.78. The average Bonchev–Trinajstić information content (AvgIpc) is 2.30. The molecule has 0 aromatic heterocycles. The fourth-order valence-electron chi connectivity index (χ4n) is 1.38. The number of hydrogen-bond acceptors (Lipinski definition) is 2. The van der Waals surface area contributed by atoms with Gasteiger partial charge in [0.2, 0.25) is 0 Å². The van der Waals surface area contributed by atoms with Gasteiger partial charge in [-0.1, -0.05) is 24.3 Å². The van der Waals surface area contributed by atoms with E-state index in [0.717, 1.165) is 0 Å². The molecule has 88 valence electrons. The number of benzene rings is 2. The zero-order chi connectivity index (χ0) is 11.4. The third-order valence-electron chi connectivity index (χ3n) is 2.14. The maximum Gasteiger partial charge on any atom is 0.255 e. The Morgan fingerprint density at radius 1 is 1.00 bits per heavy atom. The third-order valence-corrected chi connectivity index (χ3v) is 2.14. The molecule has 2 aromatic rings. The van der Waals surface area contributed by atoms with E-state index in [-0.39, 0.29) is 24.1 Å². The van der Waals surface area contributed by atoms with Crippen LogP contribution in [-0.2, 0) is 0 Å². The van der Waals surface area contributed by atoms with Crippen LogP contribution < -0.4 is 5.32 Å². The first kappa shape index (κ1) is 13.1. The minimum Gasteiger partial charge on any atom is -0.508 e. The Morgan fingerprint density at radius 2 is 1.71 bits per heavy atom. The smallest absolute Gasteiger partial charge is 0.255 e. The SMILES string of the molecule is Cl.O=C(Nc1cccc(O)c1)c1ccccc1. The van der Waals surface area contributed by atoms with Crippen molar-refractivity contribution in [1.29, 1.82) is 0 Å². The third kappa shape index (κ3) is 3.50. The Kier molecular flexibility index (Phi) is 4.55. The summed E-state index contributed by atoms with van der Waals surface area (Å²) >= 11 is 0. The number of aromatic hydroxyl groups is 1. The fourth-order valence-corrected chi connectivity index (χ4v) is 1.38. The van der Waals surface area contributed by atoms with Crippen molar-refractivity contribution in [2.24, 2.45) is 0 Å². The van der Waals surface area contributed by atoms with Gasteiger partial charge in [0.15, 0.2) is 0 Å². The standard InChI is InChI=1S/C13H11NO2.ClH/c15-12-8-4-7-11(9-12)14-13(16)10-5-2-1-3-6-10;/h1-9,15H,(H,14,16);1H. The monoisotopic (exact) mass is 249 g/mol. The number of phenolic OH excluding ortho intramolecular Hbond substituents is 1. The topological polar surface area (TPSA) is 49.3 Å². The van der Waals surface area contributed by atoms with Crippen LogP contribution in [0.5, 0.6) is 5.75 Å². The summed E-state index contributed by atoms with van der Waals surface area (Å²) < 4.78 is 0. The van der Waals surface area contributed by atoms with E-state index >= 15 is 0 Å². The van der Waals surface area contributed by atoms with Gasteiger partial charge in [-0.2, -0.15) is 0 Å². The van der Waals surface area contributed by atoms with E-state index in [4.69, 9.17) is 0 Å². The molecule has 2 rings (SSSR count). The van der Waals surface area contributed by atoms with Crippen molar-refractivity contribution >= 4 is 24.0 Å². The Balaban J connectivity index is 0.00000144. The van der Waals surface area contributed by atoms with Crippen LogP contribution >= 0.6 is 12.4 Å². The zero-order valence-electron chi connectivity index (χ0n) is 8.96. The fraction of sp³-hybridized carbons (Fsp3) is 0. The lowest BCUT2D eigenvalue weighted by molar-refractivity contribution is 0.102. The normalized spacial score (nSPS) is 9.18. The van der Waals surface area contributed by atoms with Gasteiger partial charge in [-0.3, -0.25) is 4.79 Å². The quantitative estimate of drug-likeness (QED) is 0.859. The molecule has 0 saturated heterocycles. The van der Waals surface area contributed by atoms with Crippen LogP contribution in [0.15, 0.2) is 54.6 Å². The van der Waals surface area contributed by atoms with Crippen molar-refractivity contribution < 1.29 is 9.90 Å². The van der Waals surface area contributed by atoms with Crippen molar-refractivity contribution in [2.45, 2.75) is 0 Å². The summed E-state index contributed by atoms with van der Waals surface area (Å²) in [4.78, 5) is 11.7. The molecule has 0 unspecified atom stereocenters. The molecule has 17 heavy (non-hydrogen) atoms. The Bertz CT molecular complexity index is 500. The van der Waals surface area contributed by atoms with Crippen LogP contribution in [0.4, 0.5) is 5.69 Å². The second kappa shape index (κ2) is 5.92. The molecular weight excluding hydrogens is 238 g/mol. The predicted octanol–water partition coefficient (Wildman–Crippen LogP) is 3.07. The van der Waals surface area contributed by atoms with Gasteiger partial charge in [0, 0.05) is 17.3 Å². The summed E-state index contributed by atoms with van der Waals surface area (Å²) in [6.45, 7) is 0. The van der Waals surface area contributed by atoms with Crippen molar-refractivity contribution in [3.63, 3.8) is 0 Å². The molecule has 0 radical (unpaired) electrons. The molecule has 0 aliphatic carbocycles.